The summed E-state index contributed by atoms with van der Waals surface area (Å²) in [6.07, 6.45) is 0.870. The Balaban J connectivity index is 2.06. The average molecular weight is 451 g/mol. The minimum absolute atomic E-state index is 0.218. The van der Waals surface area contributed by atoms with Gasteiger partial charge in [0, 0.05) is 16.4 Å². The van der Waals surface area contributed by atoms with Crippen LogP contribution in [0.4, 0.5) is 0 Å². The third-order valence-corrected chi connectivity index (χ3v) is 6.87. The minimum atomic E-state index is -3.74. The van der Waals surface area contributed by atoms with E-state index in [1.807, 2.05) is 60.2 Å². The number of nitrogens with zero attached hydrogens (tertiary/aromatic N) is 2. The Morgan fingerprint density at radius 2 is 1.69 bits per heavy atom. The fourth-order valence-corrected chi connectivity index (χ4v) is 5.07. The SMILES string of the molecule is CCc1ccc(S(=O)(=O)N=c2scc(-c3ccc(Br)cc3)n2CC)cc1. The van der Waals surface area contributed by atoms with Gasteiger partial charge >= 0.3 is 0 Å². The van der Waals surface area contributed by atoms with Gasteiger partial charge in [-0.25, -0.2) is 0 Å². The lowest BCUT2D eigenvalue weighted by Gasteiger charge is -2.06. The Kier molecular flexibility index (Phi) is 5.79. The van der Waals surface area contributed by atoms with Gasteiger partial charge in [-0.3, -0.25) is 0 Å². The predicted octanol–water partition coefficient (Wildman–Crippen LogP) is 4.85. The van der Waals surface area contributed by atoms with Gasteiger partial charge in [-0.05, 0) is 48.7 Å². The molecule has 0 N–H and O–H groups in total. The van der Waals surface area contributed by atoms with Gasteiger partial charge in [0.2, 0.25) is 4.80 Å². The van der Waals surface area contributed by atoms with Gasteiger partial charge in [0.15, 0.2) is 0 Å². The quantitative estimate of drug-likeness (QED) is 0.557. The van der Waals surface area contributed by atoms with E-state index < -0.39 is 10.0 Å². The number of rotatable bonds is 5. The highest BCUT2D eigenvalue weighted by molar-refractivity contribution is 9.10. The number of hydrogen-bond donors (Lipinski definition) is 0. The second-order valence-electron chi connectivity index (χ2n) is 5.72. The normalized spacial score (nSPS) is 12.5. The Morgan fingerprint density at radius 1 is 1.04 bits per heavy atom. The summed E-state index contributed by atoms with van der Waals surface area (Å²) in [7, 11) is -3.74. The second-order valence-corrected chi connectivity index (χ2v) is 9.07. The topological polar surface area (TPSA) is 51.4 Å². The molecular weight excluding hydrogens is 432 g/mol. The molecule has 0 fully saturated rings. The van der Waals surface area contributed by atoms with Gasteiger partial charge in [-0.1, -0.05) is 47.1 Å². The Morgan fingerprint density at radius 3 is 2.27 bits per heavy atom. The highest BCUT2D eigenvalue weighted by Gasteiger charge is 2.14. The van der Waals surface area contributed by atoms with Crippen molar-refractivity contribution in [3.05, 3.63) is 68.7 Å². The number of benzene rings is 2. The van der Waals surface area contributed by atoms with Crippen molar-refractivity contribution in [2.24, 2.45) is 4.40 Å². The first-order chi connectivity index (χ1) is 12.4. The smallest absolute Gasteiger partial charge is 0.285 e. The zero-order chi connectivity index (χ0) is 18.7. The van der Waals surface area contributed by atoms with Crippen LogP contribution in [0, 0.1) is 0 Å². The maximum atomic E-state index is 12.7. The van der Waals surface area contributed by atoms with E-state index in [9.17, 15) is 8.42 Å². The molecule has 1 heterocycles. The molecule has 0 radical (unpaired) electrons. The lowest BCUT2D eigenvalue weighted by atomic mass is 10.2. The summed E-state index contributed by atoms with van der Waals surface area (Å²) in [5, 5.41) is 1.95. The fraction of sp³-hybridized carbons (Fsp3) is 0.211. The van der Waals surface area contributed by atoms with Crippen LogP contribution in [0.1, 0.15) is 19.4 Å². The molecule has 0 aliphatic heterocycles. The largest absolute Gasteiger partial charge is 0.316 e. The lowest BCUT2D eigenvalue weighted by molar-refractivity contribution is 0.595. The standard InChI is InChI=1S/C19H19BrN2O2S2/c1-3-14-5-11-17(12-6-14)26(23,24)21-19-22(4-2)18(13-25-19)15-7-9-16(20)10-8-15/h5-13H,3-4H2,1-2H3. The van der Waals surface area contributed by atoms with Crippen molar-refractivity contribution < 1.29 is 8.42 Å². The van der Waals surface area contributed by atoms with E-state index in [4.69, 9.17) is 0 Å². The summed E-state index contributed by atoms with van der Waals surface area (Å²) in [6, 6.07) is 14.8. The van der Waals surface area contributed by atoms with Gasteiger partial charge in [-0.15, -0.1) is 15.7 Å². The predicted molar refractivity (Wildman–Crippen MR) is 110 cm³/mol. The van der Waals surface area contributed by atoms with E-state index in [0.717, 1.165) is 27.7 Å². The van der Waals surface area contributed by atoms with Crippen LogP contribution in [-0.2, 0) is 23.0 Å². The number of sulfonamides is 1. The molecule has 2 aromatic carbocycles. The van der Waals surface area contributed by atoms with E-state index in [2.05, 4.69) is 20.3 Å². The molecule has 0 amide bonds. The van der Waals surface area contributed by atoms with E-state index in [0.29, 0.717) is 11.3 Å². The van der Waals surface area contributed by atoms with Gasteiger partial charge in [0.25, 0.3) is 10.0 Å². The average Bonchev–Trinajstić information content (AvgIpc) is 3.04. The fourth-order valence-electron chi connectivity index (χ4n) is 2.61. The summed E-state index contributed by atoms with van der Waals surface area (Å²) in [4.78, 5) is 0.695. The number of aromatic nitrogens is 1. The molecule has 0 unspecified atom stereocenters. The zero-order valence-electron chi connectivity index (χ0n) is 14.5. The maximum Gasteiger partial charge on any atom is 0.285 e. The second kappa shape index (κ2) is 7.90. The van der Waals surface area contributed by atoms with Crippen LogP contribution in [-0.4, -0.2) is 13.0 Å². The van der Waals surface area contributed by atoms with Gasteiger partial charge in [0.05, 0.1) is 10.6 Å². The molecule has 3 rings (SSSR count). The van der Waals surface area contributed by atoms with Crippen molar-refractivity contribution in [2.75, 3.05) is 0 Å². The molecule has 0 aliphatic carbocycles. The zero-order valence-corrected chi connectivity index (χ0v) is 17.7. The van der Waals surface area contributed by atoms with Crippen LogP contribution < -0.4 is 4.80 Å². The molecule has 0 saturated carbocycles. The van der Waals surface area contributed by atoms with Crippen molar-refractivity contribution in [2.45, 2.75) is 31.7 Å². The van der Waals surface area contributed by atoms with Crippen LogP contribution in [0.25, 0.3) is 11.3 Å². The van der Waals surface area contributed by atoms with Crippen LogP contribution in [0.3, 0.4) is 0 Å². The van der Waals surface area contributed by atoms with Crippen LogP contribution in [0.5, 0.6) is 0 Å². The van der Waals surface area contributed by atoms with Gasteiger partial charge in [0.1, 0.15) is 0 Å². The first-order valence-corrected chi connectivity index (χ1v) is 11.4. The van der Waals surface area contributed by atoms with Crippen molar-refractivity contribution >= 4 is 37.3 Å². The van der Waals surface area contributed by atoms with Crippen LogP contribution >= 0.6 is 27.3 Å². The summed E-state index contributed by atoms with van der Waals surface area (Å²) in [6.45, 7) is 4.65. The van der Waals surface area contributed by atoms with Crippen LogP contribution in [0.15, 0.2) is 67.7 Å². The summed E-state index contributed by atoms with van der Waals surface area (Å²) < 4.78 is 32.4. The summed E-state index contributed by atoms with van der Waals surface area (Å²) in [5.41, 5.74) is 3.08. The first kappa shape index (κ1) is 19.1. The summed E-state index contributed by atoms with van der Waals surface area (Å²) in [5.74, 6) is 0. The molecule has 0 atom stereocenters. The minimum Gasteiger partial charge on any atom is -0.316 e. The number of halogens is 1. The Bertz CT molecular complexity index is 1060. The third-order valence-electron chi connectivity index (χ3n) is 4.08. The number of aryl methyl sites for hydroxylation is 1. The molecule has 4 nitrogen and oxygen atoms in total. The molecule has 3 aromatic rings. The van der Waals surface area contributed by atoms with Gasteiger partial charge < -0.3 is 4.57 Å². The lowest BCUT2D eigenvalue weighted by Crippen LogP contribution is -2.17. The van der Waals surface area contributed by atoms with Crippen molar-refractivity contribution in [3.63, 3.8) is 0 Å². The molecule has 26 heavy (non-hydrogen) atoms. The van der Waals surface area contributed by atoms with Crippen molar-refractivity contribution in [1.82, 2.24) is 4.57 Å². The highest BCUT2D eigenvalue weighted by atomic mass is 79.9. The molecule has 136 valence electrons. The van der Waals surface area contributed by atoms with Crippen LogP contribution in [0.2, 0.25) is 0 Å². The molecule has 1 aromatic heterocycles. The van der Waals surface area contributed by atoms with E-state index in [-0.39, 0.29) is 4.90 Å². The third kappa shape index (κ3) is 4.00. The number of hydrogen-bond acceptors (Lipinski definition) is 3. The highest BCUT2D eigenvalue weighted by Crippen LogP contribution is 2.23. The maximum absolute atomic E-state index is 12.7. The van der Waals surface area contributed by atoms with Crippen molar-refractivity contribution in [3.8, 4) is 11.3 Å². The first-order valence-electron chi connectivity index (χ1n) is 8.29. The van der Waals surface area contributed by atoms with E-state index in [1.54, 1.807) is 12.1 Å². The molecular formula is C19H19BrN2O2S2. The Hall–Kier alpha value is -1.70. The molecule has 0 saturated heterocycles. The number of thiazole rings is 1. The van der Waals surface area contributed by atoms with E-state index >= 15 is 0 Å². The molecule has 7 heteroatoms. The summed E-state index contributed by atoms with van der Waals surface area (Å²) >= 11 is 4.77. The monoisotopic (exact) mass is 450 g/mol. The molecule has 0 aliphatic rings. The van der Waals surface area contributed by atoms with E-state index in [1.165, 1.54) is 11.3 Å². The Labute approximate surface area is 166 Å². The van der Waals surface area contributed by atoms with Gasteiger partial charge in [-0.2, -0.15) is 8.42 Å². The molecule has 0 spiro atoms. The van der Waals surface area contributed by atoms with Crippen molar-refractivity contribution in [1.29, 1.82) is 0 Å². The molecule has 0 bridgehead atoms.